The third-order valence-electron chi connectivity index (χ3n) is 6.13. The van der Waals surface area contributed by atoms with Gasteiger partial charge in [0.1, 0.15) is 11.8 Å². The highest BCUT2D eigenvalue weighted by molar-refractivity contribution is 6.03. The van der Waals surface area contributed by atoms with Crippen LogP contribution in [-0.2, 0) is 9.53 Å². The number of aromatic nitrogens is 1. The van der Waals surface area contributed by atoms with Crippen molar-refractivity contribution in [3.8, 4) is 0 Å². The van der Waals surface area contributed by atoms with Gasteiger partial charge in [-0.05, 0) is 45.4 Å². The van der Waals surface area contributed by atoms with Crippen LogP contribution in [0.1, 0.15) is 86.7 Å². The molecule has 1 aromatic rings. The minimum absolute atomic E-state index is 0.147. The molecule has 8 heteroatoms. The van der Waals surface area contributed by atoms with Crippen molar-refractivity contribution in [1.29, 1.82) is 0 Å². The lowest BCUT2D eigenvalue weighted by molar-refractivity contribution is -0.118. The van der Waals surface area contributed by atoms with E-state index >= 15 is 0 Å². The van der Waals surface area contributed by atoms with E-state index in [9.17, 15) is 9.59 Å². The number of allylic oxidation sites excluding steroid dienone is 1. The van der Waals surface area contributed by atoms with Crippen molar-refractivity contribution >= 4 is 11.8 Å². The topological polar surface area (TPSA) is 105 Å². The smallest absolute Gasteiger partial charge is 0.278 e. The number of nitrogens with one attached hydrogen (secondary N) is 3. The average Bonchev–Trinajstić information content (AvgIpc) is 3.14. The van der Waals surface area contributed by atoms with E-state index in [1.54, 1.807) is 20.9 Å². The monoisotopic (exact) mass is 418 g/mol. The first-order valence-electron chi connectivity index (χ1n) is 11.0. The third-order valence-corrected chi connectivity index (χ3v) is 6.13. The molecular weight excluding hydrogens is 384 g/mol. The summed E-state index contributed by atoms with van der Waals surface area (Å²) in [5.41, 5.74) is 1.63. The molecule has 1 aromatic heterocycles. The number of hydrogen-bond donors (Lipinski definition) is 3. The van der Waals surface area contributed by atoms with Gasteiger partial charge in [0.05, 0.1) is 6.61 Å². The number of rotatable bonds is 6. The summed E-state index contributed by atoms with van der Waals surface area (Å²) in [7, 11) is 1.72. The summed E-state index contributed by atoms with van der Waals surface area (Å²) in [6.07, 6.45) is 7.08. The van der Waals surface area contributed by atoms with E-state index in [0.29, 0.717) is 29.5 Å². The Hall–Kier alpha value is -2.35. The third kappa shape index (κ3) is 5.22. The lowest BCUT2D eigenvalue weighted by Crippen LogP contribution is -2.42. The van der Waals surface area contributed by atoms with Gasteiger partial charge in [0.2, 0.25) is 0 Å². The van der Waals surface area contributed by atoms with E-state index < -0.39 is 5.91 Å². The Bertz CT molecular complexity index is 787. The normalized spacial score (nSPS) is 23.5. The highest BCUT2D eigenvalue weighted by Gasteiger charge is 2.30. The van der Waals surface area contributed by atoms with Crippen molar-refractivity contribution in [2.75, 3.05) is 13.7 Å². The first-order valence-corrected chi connectivity index (χ1v) is 11.0. The zero-order chi connectivity index (χ0) is 21.7. The Kier molecular flexibility index (Phi) is 7.53. The van der Waals surface area contributed by atoms with Gasteiger partial charge in [-0.3, -0.25) is 9.59 Å². The summed E-state index contributed by atoms with van der Waals surface area (Å²) in [5.74, 6) is 0.366. The fourth-order valence-electron chi connectivity index (χ4n) is 4.07. The zero-order valence-corrected chi connectivity index (χ0v) is 18.5. The minimum Gasteiger partial charge on any atom is -0.390 e. The number of carbonyl (C=O) groups is 2. The van der Waals surface area contributed by atoms with E-state index in [1.165, 1.54) is 6.42 Å². The van der Waals surface area contributed by atoms with E-state index in [1.807, 2.05) is 0 Å². The van der Waals surface area contributed by atoms with Gasteiger partial charge < -0.3 is 25.2 Å². The van der Waals surface area contributed by atoms with Crippen LogP contribution >= 0.6 is 0 Å². The number of hydrogen-bond acceptors (Lipinski definition) is 6. The largest absolute Gasteiger partial charge is 0.390 e. The molecule has 2 atom stereocenters. The second-order valence-electron chi connectivity index (χ2n) is 8.54. The van der Waals surface area contributed by atoms with Gasteiger partial charge in [-0.25, -0.2) is 0 Å². The predicted octanol–water partition coefficient (Wildman–Crippen LogP) is 3.10. The standard InChI is InChI=1S/C22H34N4O4/c1-13-10-11-17(29-12-13)20-14(2)18(26-30-20)21(27)25-19(15(3)23-4)22(28)24-16-8-6-5-7-9-16/h13,16-17,23H,5-12H2,1-4H3,(H,24,28)(H,25,27)/b19-15+/t13-,17-/m1/s1. The zero-order valence-electron chi connectivity index (χ0n) is 18.5. The molecule has 1 saturated carbocycles. The van der Waals surface area contributed by atoms with Crippen molar-refractivity contribution in [2.45, 2.75) is 77.9 Å². The van der Waals surface area contributed by atoms with Crippen LogP contribution in [0, 0.1) is 12.8 Å². The summed E-state index contributed by atoms with van der Waals surface area (Å²) in [6, 6.07) is 0.147. The van der Waals surface area contributed by atoms with Gasteiger partial charge in [-0.2, -0.15) is 0 Å². The van der Waals surface area contributed by atoms with Crippen LogP contribution in [0.15, 0.2) is 15.9 Å². The maximum absolute atomic E-state index is 12.9. The molecular formula is C22H34N4O4. The molecule has 1 aliphatic carbocycles. The first kappa shape index (κ1) is 22.3. The van der Waals surface area contributed by atoms with Gasteiger partial charge in [0, 0.05) is 24.4 Å². The molecule has 2 amide bonds. The van der Waals surface area contributed by atoms with Gasteiger partial charge in [0.25, 0.3) is 11.8 Å². The number of ether oxygens (including phenoxy) is 1. The molecule has 0 unspecified atom stereocenters. The van der Waals surface area contributed by atoms with Crippen LogP contribution < -0.4 is 16.0 Å². The molecule has 3 rings (SSSR count). The fourth-order valence-corrected chi connectivity index (χ4v) is 4.07. The second-order valence-corrected chi connectivity index (χ2v) is 8.54. The fraction of sp³-hybridized carbons (Fsp3) is 0.682. The van der Waals surface area contributed by atoms with E-state index in [4.69, 9.17) is 9.26 Å². The van der Waals surface area contributed by atoms with Crippen molar-refractivity contribution in [1.82, 2.24) is 21.1 Å². The molecule has 2 heterocycles. The van der Waals surface area contributed by atoms with Crippen molar-refractivity contribution in [3.63, 3.8) is 0 Å². The summed E-state index contributed by atoms with van der Waals surface area (Å²) >= 11 is 0. The lowest BCUT2D eigenvalue weighted by atomic mass is 9.95. The molecule has 166 valence electrons. The Morgan fingerprint density at radius 3 is 2.47 bits per heavy atom. The molecule has 0 bridgehead atoms. The molecule has 0 radical (unpaired) electrons. The SMILES string of the molecule is CN/C(C)=C(/NC(=O)c1noc([C@H]2CC[C@@H](C)CO2)c1C)C(=O)NC1CCCCC1. The molecule has 2 aliphatic rings. The molecule has 3 N–H and O–H groups in total. The molecule has 1 saturated heterocycles. The van der Waals surface area contributed by atoms with E-state index in [2.05, 4.69) is 28.0 Å². The van der Waals surface area contributed by atoms with Gasteiger partial charge in [-0.1, -0.05) is 31.3 Å². The van der Waals surface area contributed by atoms with Crippen LogP contribution in [0.5, 0.6) is 0 Å². The maximum Gasteiger partial charge on any atom is 0.278 e. The van der Waals surface area contributed by atoms with Gasteiger partial charge in [-0.15, -0.1) is 0 Å². The Morgan fingerprint density at radius 2 is 1.83 bits per heavy atom. The molecule has 0 aromatic carbocycles. The highest BCUT2D eigenvalue weighted by atomic mass is 16.5. The molecule has 1 aliphatic heterocycles. The summed E-state index contributed by atoms with van der Waals surface area (Å²) in [4.78, 5) is 25.8. The van der Waals surface area contributed by atoms with Crippen LogP contribution in [0.2, 0.25) is 0 Å². The lowest BCUT2D eigenvalue weighted by Gasteiger charge is -2.25. The second kappa shape index (κ2) is 10.1. The van der Waals surface area contributed by atoms with Crippen molar-refractivity contribution < 1.29 is 18.8 Å². The highest BCUT2D eigenvalue weighted by Crippen LogP contribution is 2.33. The van der Waals surface area contributed by atoms with Crippen LogP contribution in [0.25, 0.3) is 0 Å². The molecule has 0 spiro atoms. The van der Waals surface area contributed by atoms with E-state index in [0.717, 1.165) is 38.5 Å². The maximum atomic E-state index is 12.9. The van der Waals surface area contributed by atoms with Crippen molar-refractivity contribution in [3.05, 3.63) is 28.4 Å². The molecule has 8 nitrogen and oxygen atoms in total. The van der Waals surface area contributed by atoms with Gasteiger partial charge in [0.15, 0.2) is 11.5 Å². The summed E-state index contributed by atoms with van der Waals surface area (Å²) < 4.78 is 11.3. The van der Waals surface area contributed by atoms with E-state index in [-0.39, 0.29) is 29.4 Å². The number of carbonyl (C=O) groups excluding carboxylic acids is 2. The van der Waals surface area contributed by atoms with Crippen LogP contribution in [0.4, 0.5) is 0 Å². The van der Waals surface area contributed by atoms with Crippen molar-refractivity contribution in [2.24, 2.45) is 5.92 Å². The number of amides is 2. The Balaban J connectivity index is 1.71. The first-order chi connectivity index (χ1) is 14.4. The summed E-state index contributed by atoms with van der Waals surface area (Å²) in [6.45, 7) is 6.38. The average molecular weight is 419 g/mol. The molecule has 30 heavy (non-hydrogen) atoms. The number of nitrogens with zero attached hydrogens (tertiary/aromatic N) is 1. The predicted molar refractivity (Wildman–Crippen MR) is 113 cm³/mol. The Labute approximate surface area is 178 Å². The molecule has 2 fully saturated rings. The van der Waals surface area contributed by atoms with Crippen LogP contribution in [0.3, 0.4) is 0 Å². The van der Waals surface area contributed by atoms with Crippen LogP contribution in [-0.4, -0.2) is 36.7 Å². The minimum atomic E-state index is -0.463. The van der Waals surface area contributed by atoms with Gasteiger partial charge >= 0.3 is 0 Å². The Morgan fingerprint density at radius 1 is 1.10 bits per heavy atom. The summed E-state index contributed by atoms with van der Waals surface area (Å²) in [5, 5.41) is 12.7. The quantitative estimate of drug-likeness (QED) is 0.613.